The van der Waals surface area contributed by atoms with Gasteiger partial charge >= 0.3 is 0 Å². The summed E-state index contributed by atoms with van der Waals surface area (Å²) in [6.45, 7) is 0.750. The second kappa shape index (κ2) is 6.53. The maximum Gasteiger partial charge on any atom is 0.255 e. The molecule has 0 fully saturated rings. The molecule has 2 aromatic carbocycles. The number of nitrogens with one attached hydrogen (secondary N) is 1. The van der Waals surface area contributed by atoms with Crippen LogP contribution >= 0.6 is 0 Å². The highest BCUT2D eigenvalue weighted by Crippen LogP contribution is 2.39. The van der Waals surface area contributed by atoms with Gasteiger partial charge in [-0.2, -0.15) is 0 Å². The lowest BCUT2D eigenvalue weighted by atomic mass is 9.92. The van der Waals surface area contributed by atoms with Gasteiger partial charge in [0.25, 0.3) is 5.91 Å². The third kappa shape index (κ3) is 2.55. The van der Waals surface area contributed by atoms with E-state index in [0.29, 0.717) is 5.56 Å². The van der Waals surface area contributed by atoms with E-state index in [1.165, 1.54) is 0 Å². The number of nitrogens with zero attached hydrogens (tertiary/aromatic N) is 4. The molecule has 1 amide bonds. The number of benzene rings is 2. The van der Waals surface area contributed by atoms with Crippen LogP contribution in [0.25, 0.3) is 5.69 Å². The number of anilines is 1. The lowest BCUT2D eigenvalue weighted by Crippen LogP contribution is -2.49. The van der Waals surface area contributed by atoms with E-state index >= 15 is 0 Å². The Labute approximate surface area is 162 Å². The second-order valence-corrected chi connectivity index (χ2v) is 6.80. The zero-order valence-electron chi connectivity index (χ0n) is 15.4. The third-order valence-corrected chi connectivity index (χ3v) is 5.26. The molecule has 7 heteroatoms. The van der Waals surface area contributed by atoms with Gasteiger partial charge in [0, 0.05) is 36.6 Å². The largest absolute Gasteiger partial charge is 0.399 e. The SMILES string of the molecule is CON=C1CCN2c3c(cccc31)C(=O)NC2c1ccc(-n2ccnc2)cc1. The van der Waals surface area contributed by atoms with Crippen LogP contribution in [0.15, 0.2) is 66.3 Å². The van der Waals surface area contributed by atoms with E-state index in [2.05, 4.69) is 20.4 Å². The summed E-state index contributed by atoms with van der Waals surface area (Å²) in [5.74, 6) is -0.0737. The number of rotatable bonds is 3. The predicted octanol–water partition coefficient (Wildman–Crippen LogP) is 2.88. The van der Waals surface area contributed by atoms with Crippen molar-refractivity contribution in [1.29, 1.82) is 0 Å². The van der Waals surface area contributed by atoms with Gasteiger partial charge in [-0.25, -0.2) is 4.98 Å². The van der Waals surface area contributed by atoms with Gasteiger partial charge < -0.3 is 19.6 Å². The molecular formula is C21H19N5O2. The van der Waals surface area contributed by atoms with E-state index in [1.807, 2.05) is 53.2 Å². The van der Waals surface area contributed by atoms with E-state index in [9.17, 15) is 4.79 Å². The van der Waals surface area contributed by atoms with Crippen molar-refractivity contribution >= 4 is 17.3 Å². The minimum atomic E-state index is -0.220. The first kappa shape index (κ1) is 16.6. The molecule has 2 aliphatic heterocycles. The minimum absolute atomic E-state index is 0.0737. The summed E-state index contributed by atoms with van der Waals surface area (Å²) < 4.78 is 1.95. The van der Waals surface area contributed by atoms with Crippen LogP contribution in [0.5, 0.6) is 0 Å². The van der Waals surface area contributed by atoms with E-state index < -0.39 is 0 Å². The van der Waals surface area contributed by atoms with Crippen LogP contribution in [-0.2, 0) is 4.84 Å². The highest BCUT2D eigenvalue weighted by Gasteiger charge is 2.37. The number of imidazole rings is 1. The van der Waals surface area contributed by atoms with Gasteiger partial charge in [-0.15, -0.1) is 0 Å². The fourth-order valence-corrected chi connectivity index (χ4v) is 3.99. The second-order valence-electron chi connectivity index (χ2n) is 6.80. The normalized spacial score (nSPS) is 19.3. The summed E-state index contributed by atoms with van der Waals surface area (Å²) in [6, 6.07) is 13.9. The summed E-state index contributed by atoms with van der Waals surface area (Å²) in [5, 5.41) is 7.32. The molecule has 1 unspecified atom stereocenters. The minimum Gasteiger partial charge on any atom is -0.399 e. The van der Waals surface area contributed by atoms with Crippen LogP contribution in [-0.4, -0.2) is 34.8 Å². The molecule has 140 valence electrons. The maximum absolute atomic E-state index is 12.8. The molecule has 28 heavy (non-hydrogen) atoms. The van der Waals surface area contributed by atoms with Crippen molar-refractivity contribution < 1.29 is 9.63 Å². The summed E-state index contributed by atoms with van der Waals surface area (Å²) >= 11 is 0. The molecule has 0 radical (unpaired) electrons. The number of oxime groups is 1. The van der Waals surface area contributed by atoms with Gasteiger partial charge in [-0.05, 0) is 23.8 Å². The number of aromatic nitrogens is 2. The molecule has 7 nitrogen and oxygen atoms in total. The lowest BCUT2D eigenvalue weighted by Gasteiger charge is -2.42. The summed E-state index contributed by atoms with van der Waals surface area (Å²) in [5.41, 5.74) is 5.49. The molecule has 2 aliphatic rings. The standard InChI is InChI=1S/C21H19N5O2/c1-28-24-18-9-11-26-19-16(18)3-2-4-17(19)21(27)23-20(26)14-5-7-15(8-6-14)25-12-10-22-13-25/h2-8,10,12-13,20H,9,11H2,1H3,(H,23,27). The van der Waals surface area contributed by atoms with Crippen molar-refractivity contribution in [3.05, 3.63) is 77.9 Å². The van der Waals surface area contributed by atoms with E-state index in [1.54, 1.807) is 19.6 Å². The topological polar surface area (TPSA) is 71.8 Å². The molecule has 1 aromatic heterocycles. The van der Waals surface area contributed by atoms with Crippen LogP contribution < -0.4 is 10.2 Å². The summed E-state index contributed by atoms with van der Waals surface area (Å²) in [7, 11) is 1.55. The monoisotopic (exact) mass is 373 g/mol. The number of amides is 1. The average molecular weight is 373 g/mol. The molecule has 0 aliphatic carbocycles. The smallest absolute Gasteiger partial charge is 0.255 e. The van der Waals surface area contributed by atoms with Gasteiger partial charge in [0.05, 0.1) is 23.3 Å². The number of carbonyl (C=O) groups is 1. The highest BCUT2D eigenvalue weighted by atomic mass is 16.6. The molecule has 3 heterocycles. The van der Waals surface area contributed by atoms with Crippen LogP contribution in [0.1, 0.15) is 34.1 Å². The molecule has 5 rings (SSSR count). The first-order valence-corrected chi connectivity index (χ1v) is 9.15. The van der Waals surface area contributed by atoms with Crippen molar-refractivity contribution in [2.24, 2.45) is 5.16 Å². The number of hydrogen-bond acceptors (Lipinski definition) is 5. The van der Waals surface area contributed by atoms with Gasteiger partial charge in [-0.3, -0.25) is 4.79 Å². The van der Waals surface area contributed by atoms with Crippen LogP contribution in [0.3, 0.4) is 0 Å². The molecule has 0 spiro atoms. The van der Waals surface area contributed by atoms with Crippen molar-refractivity contribution in [1.82, 2.24) is 14.9 Å². The van der Waals surface area contributed by atoms with Crippen molar-refractivity contribution in [3.63, 3.8) is 0 Å². The lowest BCUT2D eigenvalue weighted by molar-refractivity contribution is 0.0926. The first-order chi connectivity index (χ1) is 13.8. The average Bonchev–Trinajstić information content (AvgIpc) is 3.27. The van der Waals surface area contributed by atoms with Crippen LogP contribution in [0.2, 0.25) is 0 Å². The zero-order chi connectivity index (χ0) is 19.1. The fourth-order valence-electron chi connectivity index (χ4n) is 3.99. The molecule has 1 atom stereocenters. The van der Waals surface area contributed by atoms with E-state index in [0.717, 1.165) is 41.2 Å². The maximum atomic E-state index is 12.8. The number of carbonyl (C=O) groups excluding carboxylic acids is 1. The first-order valence-electron chi connectivity index (χ1n) is 9.15. The fraction of sp³-hybridized carbons (Fsp3) is 0.190. The van der Waals surface area contributed by atoms with Gasteiger partial charge in [0.2, 0.25) is 0 Å². The highest BCUT2D eigenvalue weighted by molar-refractivity contribution is 6.13. The Morgan fingerprint density at radius 1 is 1.18 bits per heavy atom. The Bertz CT molecular complexity index is 1060. The number of para-hydroxylation sites is 1. The number of hydrogen-bond donors (Lipinski definition) is 1. The molecule has 1 N–H and O–H groups in total. The van der Waals surface area contributed by atoms with Crippen molar-refractivity contribution in [2.45, 2.75) is 12.6 Å². The third-order valence-electron chi connectivity index (χ3n) is 5.26. The van der Waals surface area contributed by atoms with Gasteiger partial charge in [0.15, 0.2) is 0 Å². The Balaban J connectivity index is 1.56. The van der Waals surface area contributed by atoms with Crippen molar-refractivity contribution in [2.75, 3.05) is 18.6 Å². The summed E-state index contributed by atoms with van der Waals surface area (Å²) in [6.07, 6.45) is 5.95. The molecular weight excluding hydrogens is 354 g/mol. The Morgan fingerprint density at radius 3 is 2.75 bits per heavy atom. The predicted molar refractivity (Wildman–Crippen MR) is 106 cm³/mol. The van der Waals surface area contributed by atoms with Crippen LogP contribution in [0, 0.1) is 0 Å². The summed E-state index contributed by atoms with van der Waals surface area (Å²) in [4.78, 5) is 24.1. The van der Waals surface area contributed by atoms with E-state index in [-0.39, 0.29) is 12.1 Å². The zero-order valence-corrected chi connectivity index (χ0v) is 15.4. The quantitative estimate of drug-likeness (QED) is 0.717. The van der Waals surface area contributed by atoms with E-state index in [4.69, 9.17) is 4.84 Å². The van der Waals surface area contributed by atoms with Gasteiger partial charge in [0.1, 0.15) is 13.3 Å². The Kier molecular flexibility index (Phi) is 3.86. The van der Waals surface area contributed by atoms with Crippen LogP contribution in [0.4, 0.5) is 5.69 Å². The van der Waals surface area contributed by atoms with Crippen molar-refractivity contribution in [3.8, 4) is 5.69 Å². The Hall–Kier alpha value is -3.61. The molecule has 0 saturated carbocycles. The molecule has 0 saturated heterocycles. The Morgan fingerprint density at radius 2 is 2.00 bits per heavy atom. The molecule has 3 aromatic rings. The van der Waals surface area contributed by atoms with Gasteiger partial charge in [-0.1, -0.05) is 29.4 Å². The molecule has 0 bridgehead atoms.